The van der Waals surface area contributed by atoms with Gasteiger partial charge in [-0.1, -0.05) is 6.07 Å². The fraction of sp³-hybridized carbons (Fsp3) is 0.500. The zero-order valence-corrected chi connectivity index (χ0v) is 10.5. The average Bonchev–Trinajstić information content (AvgIpc) is 2.26. The number of benzene rings is 1. The van der Waals surface area contributed by atoms with Gasteiger partial charge in [0.05, 0.1) is 11.6 Å². The number of aliphatic hydroxyl groups excluding tert-OH is 2. The van der Waals surface area contributed by atoms with E-state index in [1.54, 1.807) is 0 Å². The molecule has 18 heavy (non-hydrogen) atoms. The molecule has 102 valence electrons. The summed E-state index contributed by atoms with van der Waals surface area (Å²) in [6, 6.07) is 3.44. The van der Waals surface area contributed by atoms with E-state index in [9.17, 15) is 19.0 Å². The maximum Gasteiger partial charge on any atom is 0.131 e. The van der Waals surface area contributed by atoms with Crippen LogP contribution in [0.3, 0.4) is 0 Å². The maximum absolute atomic E-state index is 13.7. The SMILES string of the molecule is Cl.NC1(c2c(F)cccc2F)CCCC(O)C1O. The molecule has 3 atom stereocenters. The first-order valence-corrected chi connectivity index (χ1v) is 5.56. The summed E-state index contributed by atoms with van der Waals surface area (Å²) in [5, 5.41) is 19.5. The Labute approximate surface area is 110 Å². The topological polar surface area (TPSA) is 66.5 Å². The van der Waals surface area contributed by atoms with E-state index in [-0.39, 0.29) is 24.4 Å². The number of rotatable bonds is 1. The van der Waals surface area contributed by atoms with Crippen LogP contribution < -0.4 is 5.73 Å². The van der Waals surface area contributed by atoms with Gasteiger partial charge in [0.25, 0.3) is 0 Å². The van der Waals surface area contributed by atoms with Gasteiger partial charge < -0.3 is 15.9 Å². The zero-order chi connectivity index (χ0) is 12.6. The molecule has 1 aromatic carbocycles. The molecule has 0 bridgehead atoms. The van der Waals surface area contributed by atoms with Crippen LogP contribution in [0.15, 0.2) is 18.2 Å². The summed E-state index contributed by atoms with van der Waals surface area (Å²) in [4.78, 5) is 0. The van der Waals surface area contributed by atoms with Crippen LogP contribution in [0.1, 0.15) is 24.8 Å². The van der Waals surface area contributed by atoms with Gasteiger partial charge in [0, 0.05) is 5.56 Å². The first-order chi connectivity index (χ1) is 7.97. The molecule has 1 fully saturated rings. The molecule has 3 unspecified atom stereocenters. The number of hydrogen-bond acceptors (Lipinski definition) is 3. The van der Waals surface area contributed by atoms with E-state index in [4.69, 9.17) is 5.73 Å². The van der Waals surface area contributed by atoms with Crippen LogP contribution in [-0.2, 0) is 5.54 Å². The Balaban J connectivity index is 0.00000162. The normalized spacial score (nSPS) is 31.8. The fourth-order valence-electron chi connectivity index (χ4n) is 2.47. The van der Waals surface area contributed by atoms with Gasteiger partial charge in [-0.2, -0.15) is 0 Å². The molecule has 0 saturated heterocycles. The number of hydrogen-bond donors (Lipinski definition) is 3. The highest BCUT2D eigenvalue weighted by atomic mass is 35.5. The summed E-state index contributed by atoms with van der Waals surface area (Å²) in [6.45, 7) is 0. The monoisotopic (exact) mass is 279 g/mol. The van der Waals surface area contributed by atoms with Gasteiger partial charge in [-0.3, -0.25) is 0 Å². The van der Waals surface area contributed by atoms with E-state index in [0.717, 1.165) is 12.1 Å². The smallest absolute Gasteiger partial charge is 0.131 e. The lowest BCUT2D eigenvalue weighted by molar-refractivity contribution is -0.0615. The highest BCUT2D eigenvalue weighted by Gasteiger charge is 2.45. The van der Waals surface area contributed by atoms with Crippen molar-refractivity contribution in [1.29, 1.82) is 0 Å². The first kappa shape index (κ1) is 15.3. The Morgan fingerprint density at radius 3 is 2.33 bits per heavy atom. The summed E-state index contributed by atoms with van der Waals surface area (Å²) in [5.74, 6) is -1.58. The molecule has 0 radical (unpaired) electrons. The van der Waals surface area contributed by atoms with E-state index in [2.05, 4.69) is 0 Å². The minimum atomic E-state index is -1.56. The Hall–Kier alpha value is -0.750. The van der Waals surface area contributed by atoms with Crippen LogP contribution >= 0.6 is 12.4 Å². The Morgan fingerprint density at radius 1 is 1.22 bits per heavy atom. The summed E-state index contributed by atoms with van der Waals surface area (Å²) >= 11 is 0. The van der Waals surface area contributed by atoms with E-state index in [0.29, 0.717) is 12.8 Å². The van der Waals surface area contributed by atoms with Crippen LogP contribution in [0.25, 0.3) is 0 Å². The minimum absolute atomic E-state index is 0. The molecule has 0 aliphatic heterocycles. The second kappa shape index (κ2) is 5.48. The molecular weight excluding hydrogens is 264 g/mol. The molecule has 2 rings (SSSR count). The van der Waals surface area contributed by atoms with Crippen LogP contribution in [0.4, 0.5) is 8.78 Å². The average molecular weight is 280 g/mol. The van der Waals surface area contributed by atoms with Crippen molar-refractivity contribution in [3.8, 4) is 0 Å². The van der Waals surface area contributed by atoms with E-state index in [1.165, 1.54) is 6.07 Å². The predicted molar refractivity (Wildman–Crippen MR) is 65.3 cm³/mol. The van der Waals surface area contributed by atoms with E-state index in [1.807, 2.05) is 0 Å². The summed E-state index contributed by atoms with van der Waals surface area (Å²) in [6.07, 6.45) is -1.27. The highest BCUT2D eigenvalue weighted by molar-refractivity contribution is 5.85. The maximum atomic E-state index is 13.7. The lowest BCUT2D eigenvalue weighted by atomic mass is 9.73. The van der Waals surface area contributed by atoms with Gasteiger partial charge in [-0.05, 0) is 31.4 Å². The first-order valence-electron chi connectivity index (χ1n) is 5.56. The summed E-state index contributed by atoms with van der Waals surface area (Å²) < 4.78 is 27.3. The fourth-order valence-corrected chi connectivity index (χ4v) is 2.47. The van der Waals surface area contributed by atoms with Crippen molar-refractivity contribution in [2.45, 2.75) is 37.0 Å². The molecule has 3 nitrogen and oxygen atoms in total. The molecular formula is C12H16ClF2NO2. The van der Waals surface area contributed by atoms with Gasteiger partial charge in [0.15, 0.2) is 0 Å². The molecule has 6 heteroatoms. The summed E-state index contributed by atoms with van der Waals surface area (Å²) in [7, 11) is 0. The lowest BCUT2D eigenvalue weighted by Gasteiger charge is -2.41. The van der Waals surface area contributed by atoms with Gasteiger partial charge in [-0.25, -0.2) is 8.78 Å². The molecule has 0 aromatic heterocycles. The third kappa shape index (κ3) is 2.36. The second-order valence-electron chi connectivity index (χ2n) is 4.54. The van der Waals surface area contributed by atoms with Crippen molar-refractivity contribution < 1.29 is 19.0 Å². The molecule has 1 saturated carbocycles. The van der Waals surface area contributed by atoms with Crippen molar-refractivity contribution in [2.75, 3.05) is 0 Å². The van der Waals surface area contributed by atoms with Gasteiger partial charge >= 0.3 is 0 Å². The molecule has 1 aromatic rings. The van der Waals surface area contributed by atoms with Gasteiger partial charge in [0.1, 0.15) is 17.7 Å². The molecule has 4 N–H and O–H groups in total. The molecule has 1 aliphatic carbocycles. The highest BCUT2D eigenvalue weighted by Crippen LogP contribution is 2.37. The minimum Gasteiger partial charge on any atom is -0.390 e. The van der Waals surface area contributed by atoms with Crippen molar-refractivity contribution in [3.05, 3.63) is 35.4 Å². The van der Waals surface area contributed by atoms with E-state index < -0.39 is 29.4 Å². The van der Waals surface area contributed by atoms with Gasteiger partial charge in [-0.15, -0.1) is 12.4 Å². The van der Waals surface area contributed by atoms with Crippen LogP contribution in [-0.4, -0.2) is 22.4 Å². The number of aliphatic hydroxyl groups is 2. The largest absolute Gasteiger partial charge is 0.390 e. The van der Waals surface area contributed by atoms with Crippen molar-refractivity contribution in [2.24, 2.45) is 5.73 Å². The predicted octanol–water partition coefficient (Wildman–Crippen LogP) is 1.45. The molecule has 0 heterocycles. The van der Waals surface area contributed by atoms with Crippen molar-refractivity contribution in [1.82, 2.24) is 0 Å². The molecule has 1 aliphatic rings. The van der Waals surface area contributed by atoms with Crippen LogP contribution in [0.5, 0.6) is 0 Å². The lowest BCUT2D eigenvalue weighted by Crippen LogP contribution is -2.56. The zero-order valence-electron chi connectivity index (χ0n) is 9.64. The molecule has 0 spiro atoms. The Morgan fingerprint density at radius 2 is 1.78 bits per heavy atom. The number of nitrogens with two attached hydrogens (primary N) is 1. The second-order valence-corrected chi connectivity index (χ2v) is 4.54. The number of halogens is 3. The summed E-state index contributed by atoms with van der Waals surface area (Å²) in [5.41, 5.74) is 4.02. The van der Waals surface area contributed by atoms with Crippen LogP contribution in [0.2, 0.25) is 0 Å². The van der Waals surface area contributed by atoms with E-state index >= 15 is 0 Å². The third-order valence-corrected chi connectivity index (χ3v) is 3.41. The third-order valence-electron chi connectivity index (χ3n) is 3.41. The quantitative estimate of drug-likeness (QED) is 0.729. The van der Waals surface area contributed by atoms with Crippen molar-refractivity contribution >= 4 is 12.4 Å². The van der Waals surface area contributed by atoms with Crippen molar-refractivity contribution in [3.63, 3.8) is 0 Å². The van der Waals surface area contributed by atoms with Gasteiger partial charge in [0.2, 0.25) is 0 Å². The standard InChI is InChI=1S/C12H15F2NO2.ClH/c13-7-3-1-4-8(14)10(7)12(15)6-2-5-9(16)11(12)17;/h1,3-4,9,11,16-17H,2,5-6,15H2;1H. The molecule has 0 amide bonds. The Bertz CT molecular complexity index is 412. The Kier molecular flexibility index (Phi) is 4.66. The van der Waals surface area contributed by atoms with Crippen LogP contribution in [0, 0.1) is 11.6 Å².